The zero-order chi connectivity index (χ0) is 30.0. The lowest BCUT2D eigenvalue weighted by Gasteiger charge is -2.30. The fourth-order valence-corrected chi connectivity index (χ4v) is 2.95. The highest BCUT2D eigenvalue weighted by Crippen LogP contribution is 2.30. The third-order valence-electron chi connectivity index (χ3n) is 5.33. The molecule has 0 aliphatic carbocycles. The Hall–Kier alpha value is -2.53. The summed E-state index contributed by atoms with van der Waals surface area (Å²) in [5.41, 5.74) is 6.69. The highest BCUT2D eigenvalue weighted by atomic mass is 31.2. The zero-order valence-electron chi connectivity index (χ0n) is 21.4. The summed E-state index contributed by atoms with van der Waals surface area (Å²) in [6.45, 7) is 6.59. The predicted octanol–water partition coefficient (Wildman–Crippen LogP) is -5.52. The van der Waals surface area contributed by atoms with Crippen molar-refractivity contribution in [1.82, 2.24) is 0 Å². The summed E-state index contributed by atoms with van der Waals surface area (Å²) in [5, 5.41) is 47.0. The number of quaternary nitrogens is 2. The van der Waals surface area contributed by atoms with Crippen molar-refractivity contribution in [3.63, 3.8) is 0 Å². The van der Waals surface area contributed by atoms with E-state index in [4.69, 9.17) is 14.9 Å². The van der Waals surface area contributed by atoms with Crippen LogP contribution in [0, 0.1) is 11.8 Å². The molecule has 2 heterocycles. The highest BCUT2D eigenvalue weighted by Gasteiger charge is 2.48. The molecule has 218 valence electrons. The van der Waals surface area contributed by atoms with E-state index in [9.17, 15) is 44.1 Å². The van der Waals surface area contributed by atoms with Crippen LogP contribution in [-0.2, 0) is 23.4 Å². The molecule has 0 spiro atoms. The molecule has 0 aromatic carbocycles. The number of nitrogens with zero attached hydrogens (tertiary/aromatic N) is 1. The first-order valence-electron chi connectivity index (χ1n) is 11.3. The van der Waals surface area contributed by atoms with E-state index in [0.29, 0.717) is 0 Å². The monoisotopic (exact) mass is 569 g/mol. The number of carbonyl (C=O) groups is 3. The topological polar surface area (TPSA) is 296 Å². The van der Waals surface area contributed by atoms with Gasteiger partial charge in [0.2, 0.25) is 0 Å². The van der Waals surface area contributed by atoms with Crippen LogP contribution in [0.15, 0.2) is 24.5 Å². The number of hydrogen-bond donors (Lipinski definition) is 6. The van der Waals surface area contributed by atoms with Gasteiger partial charge in [0.05, 0.1) is 26.0 Å². The second-order valence-corrected chi connectivity index (χ2v) is 10.1. The number of carboxylic acids is 3. The molecule has 1 aliphatic heterocycles. The van der Waals surface area contributed by atoms with Gasteiger partial charge in [-0.2, -0.15) is 4.57 Å². The van der Waals surface area contributed by atoms with Crippen LogP contribution in [-0.4, -0.2) is 75.3 Å². The van der Waals surface area contributed by atoms with Gasteiger partial charge in [-0.25, -0.2) is 9.59 Å². The van der Waals surface area contributed by atoms with E-state index in [1.165, 1.54) is 22.9 Å². The largest absolute Gasteiger partial charge is 0.790 e. The number of phosphoric acid groups is 1. The van der Waals surface area contributed by atoms with Gasteiger partial charge >= 0.3 is 11.9 Å². The van der Waals surface area contributed by atoms with Crippen molar-refractivity contribution in [3.8, 4) is 0 Å². The summed E-state index contributed by atoms with van der Waals surface area (Å²) in [4.78, 5) is 51.8. The van der Waals surface area contributed by atoms with Crippen LogP contribution >= 0.6 is 7.82 Å². The van der Waals surface area contributed by atoms with Crippen LogP contribution in [0.4, 0.5) is 0 Å². The van der Waals surface area contributed by atoms with E-state index < -0.39 is 69.0 Å². The molecule has 0 bridgehead atoms. The molecule has 38 heavy (non-hydrogen) atoms. The third kappa shape index (κ3) is 12.3. The number of phosphoric ester groups is 1. The standard InChI is InChI=1S/C11H14NO9P.2C5H11NO2/c13-8-7(5-20-22(17,18)19)21-10(9(8)14)12-3-1-2-6(4-12)11(15)16;2*1-3(2)4(6)5(7)8/h1-4,7-10,13-14H,5H2,(H2-,15,16,17,18,19);2*3-4H,6H2,1-2H3,(H,7,8)/t7-,8-,9-,10-;2*4-/m111/s1. The molecule has 1 fully saturated rings. The van der Waals surface area contributed by atoms with Crippen LogP contribution < -0.4 is 30.9 Å². The summed E-state index contributed by atoms with van der Waals surface area (Å²) < 4.78 is 20.8. The summed E-state index contributed by atoms with van der Waals surface area (Å²) >= 11 is 0. The maximum absolute atomic E-state index is 10.8. The quantitative estimate of drug-likeness (QED) is 0.120. The van der Waals surface area contributed by atoms with Crippen LogP contribution in [0.3, 0.4) is 0 Å². The van der Waals surface area contributed by atoms with Gasteiger partial charge in [-0.05, 0) is 6.07 Å². The minimum absolute atomic E-state index is 0.132. The predicted molar refractivity (Wildman–Crippen MR) is 119 cm³/mol. The number of carbonyl (C=O) groups excluding carboxylic acids is 1. The maximum atomic E-state index is 10.8. The minimum Gasteiger partial charge on any atom is -0.790 e. The summed E-state index contributed by atoms with van der Waals surface area (Å²) in [7, 11) is -5.24. The fourth-order valence-electron chi connectivity index (χ4n) is 2.62. The Morgan fingerprint density at radius 2 is 1.53 bits per heavy atom. The molecule has 0 saturated carbocycles. The SMILES string of the molecule is CC(C)[C@@H]([NH3+])C(=O)O.CC(C)[C@@H]([NH3+])C(=O)O.O=C([O-])c1ccc[n+]([C@@H]2O[C@H](COP(=O)([O-])[O-])[C@@H](O)[C@H]2O)c1. The number of carboxylic acid groups (broad SMARTS) is 3. The minimum atomic E-state index is -5.24. The van der Waals surface area contributed by atoms with Crippen molar-refractivity contribution >= 4 is 25.7 Å². The van der Waals surface area contributed by atoms with Crippen molar-refractivity contribution in [2.45, 2.75) is 64.3 Å². The first-order chi connectivity index (χ1) is 17.3. The molecule has 0 radical (unpaired) electrons. The first-order valence-corrected chi connectivity index (χ1v) is 12.8. The molecule has 1 aliphatic rings. The second-order valence-electron chi connectivity index (χ2n) is 8.99. The van der Waals surface area contributed by atoms with Crippen LogP contribution in [0.2, 0.25) is 0 Å². The van der Waals surface area contributed by atoms with Gasteiger partial charge in [-0.1, -0.05) is 27.7 Å². The van der Waals surface area contributed by atoms with E-state index >= 15 is 0 Å². The number of pyridine rings is 1. The molecule has 16 nitrogen and oxygen atoms in total. The molecule has 0 amide bonds. The molecule has 10 N–H and O–H groups in total. The van der Waals surface area contributed by atoms with Crippen LogP contribution in [0.5, 0.6) is 0 Å². The molecular formula is C21H36N3O13P. The summed E-state index contributed by atoms with van der Waals surface area (Å²) in [6, 6.07) is 1.70. The normalized spacial score (nSPS) is 22.5. The molecule has 1 saturated heterocycles. The number of rotatable bonds is 9. The Balaban J connectivity index is 0.000000705. The number of hydrogen-bond acceptors (Lipinski definition) is 11. The number of aromatic nitrogens is 1. The van der Waals surface area contributed by atoms with E-state index in [1.54, 1.807) is 0 Å². The van der Waals surface area contributed by atoms with E-state index in [0.717, 1.165) is 6.20 Å². The molecule has 17 heteroatoms. The number of aliphatic carboxylic acids is 2. The second kappa shape index (κ2) is 15.8. The van der Waals surface area contributed by atoms with Gasteiger partial charge in [0.25, 0.3) is 6.23 Å². The molecule has 6 atom stereocenters. The molecule has 1 aromatic rings. The summed E-state index contributed by atoms with van der Waals surface area (Å²) in [5.74, 6) is -2.82. The molecule has 2 rings (SSSR count). The molecular weight excluding hydrogens is 533 g/mol. The van der Waals surface area contributed by atoms with Crippen LogP contribution in [0.25, 0.3) is 0 Å². The lowest BCUT2D eigenvalue weighted by molar-refractivity contribution is -0.765. The van der Waals surface area contributed by atoms with Gasteiger partial charge in [0, 0.05) is 17.9 Å². The van der Waals surface area contributed by atoms with Gasteiger partial charge in [-0.15, -0.1) is 0 Å². The number of aromatic carboxylic acids is 1. The Morgan fingerprint density at radius 3 is 1.87 bits per heavy atom. The highest BCUT2D eigenvalue weighted by molar-refractivity contribution is 7.43. The fraction of sp³-hybridized carbons (Fsp3) is 0.619. The number of aliphatic hydroxyl groups excluding tert-OH is 2. The average Bonchev–Trinajstić information content (AvgIpc) is 3.10. The van der Waals surface area contributed by atoms with E-state index in [-0.39, 0.29) is 17.4 Å². The lowest BCUT2D eigenvalue weighted by Crippen LogP contribution is -2.67. The molecule has 0 unspecified atom stereocenters. The van der Waals surface area contributed by atoms with Gasteiger partial charge in [0.15, 0.2) is 30.6 Å². The van der Waals surface area contributed by atoms with Gasteiger partial charge in [-0.3, -0.25) is 0 Å². The van der Waals surface area contributed by atoms with Crippen molar-refractivity contribution in [1.29, 1.82) is 0 Å². The van der Waals surface area contributed by atoms with Gasteiger partial charge < -0.3 is 65.4 Å². The first kappa shape index (κ1) is 35.5. The van der Waals surface area contributed by atoms with Crippen molar-refractivity contribution < 1.29 is 79.6 Å². The van der Waals surface area contributed by atoms with E-state index in [2.05, 4.69) is 16.0 Å². The lowest BCUT2D eigenvalue weighted by atomic mass is 10.1. The Labute approximate surface area is 218 Å². The van der Waals surface area contributed by atoms with Gasteiger partial charge in [0.1, 0.15) is 12.2 Å². The number of aliphatic hydroxyl groups is 2. The van der Waals surface area contributed by atoms with Crippen molar-refractivity contribution in [3.05, 3.63) is 30.1 Å². The average molecular weight is 570 g/mol. The Kier molecular flexibility index (Phi) is 14.7. The van der Waals surface area contributed by atoms with Crippen LogP contribution in [0.1, 0.15) is 44.3 Å². The van der Waals surface area contributed by atoms with Crippen molar-refractivity contribution in [2.24, 2.45) is 11.8 Å². The Morgan fingerprint density at radius 1 is 1.05 bits per heavy atom. The number of ether oxygens (including phenoxy) is 1. The third-order valence-corrected chi connectivity index (χ3v) is 5.79. The van der Waals surface area contributed by atoms with E-state index in [1.807, 2.05) is 27.7 Å². The zero-order valence-corrected chi connectivity index (χ0v) is 22.3. The Bertz CT molecular complexity index is 947. The molecule has 1 aromatic heterocycles. The maximum Gasteiger partial charge on any atom is 0.362 e. The van der Waals surface area contributed by atoms with Crippen molar-refractivity contribution in [2.75, 3.05) is 6.61 Å². The summed E-state index contributed by atoms with van der Waals surface area (Å²) in [6.07, 6.45) is -2.95. The smallest absolute Gasteiger partial charge is 0.362 e.